The highest BCUT2D eigenvalue weighted by atomic mass is 32.2. The molecule has 2 N–H and O–H groups in total. The van der Waals surface area contributed by atoms with E-state index in [2.05, 4.69) is 15.7 Å². The molecule has 1 aromatic heterocycles. The van der Waals surface area contributed by atoms with Gasteiger partial charge in [-0.05, 0) is 38.5 Å². The Kier molecular flexibility index (Phi) is 7.83. The van der Waals surface area contributed by atoms with E-state index in [0.717, 1.165) is 10.5 Å². The summed E-state index contributed by atoms with van der Waals surface area (Å²) < 4.78 is 65.7. The van der Waals surface area contributed by atoms with E-state index < -0.39 is 33.7 Å². The lowest BCUT2D eigenvalue weighted by Gasteiger charge is -2.35. The number of sulfonamides is 1. The molecule has 2 heterocycles. The summed E-state index contributed by atoms with van der Waals surface area (Å²) in [7, 11) is -4.38. The Morgan fingerprint density at radius 1 is 1.34 bits per heavy atom. The van der Waals surface area contributed by atoms with E-state index in [1.807, 2.05) is 6.92 Å². The Bertz CT molecular complexity index is 1200. The summed E-state index contributed by atoms with van der Waals surface area (Å²) in [4.78, 5) is 23.1. The van der Waals surface area contributed by atoms with Gasteiger partial charge in [-0.1, -0.05) is 6.92 Å². The van der Waals surface area contributed by atoms with Crippen LogP contribution in [0.5, 0.6) is 5.75 Å². The third kappa shape index (κ3) is 5.99. The second-order valence-electron chi connectivity index (χ2n) is 7.98. The average Bonchev–Trinajstić information content (AvgIpc) is 3.19. The van der Waals surface area contributed by atoms with Gasteiger partial charge in [-0.25, -0.2) is 17.9 Å². The SMILES string of the molecule is CCC(C)OC(=O)Nc1ccc2c(c1)N(S(=O)(=O)c1cn(C(F)F)nc1C)CC(CNC(C)=O)O2. The predicted molar refractivity (Wildman–Crippen MR) is 122 cm³/mol. The van der Waals surface area contributed by atoms with Gasteiger partial charge in [0.1, 0.15) is 22.9 Å². The quantitative estimate of drug-likeness (QED) is 0.552. The molecule has 1 aromatic carbocycles. The zero-order chi connectivity index (χ0) is 25.9. The molecule has 2 aromatic rings. The maximum absolute atomic E-state index is 13.6. The van der Waals surface area contributed by atoms with Crippen LogP contribution in [0.4, 0.5) is 25.0 Å². The zero-order valence-corrected chi connectivity index (χ0v) is 20.4. The van der Waals surface area contributed by atoms with Crippen LogP contribution in [-0.2, 0) is 19.6 Å². The molecule has 0 radical (unpaired) electrons. The number of benzene rings is 1. The molecule has 0 saturated heterocycles. The summed E-state index contributed by atoms with van der Waals surface area (Å²) >= 11 is 0. The lowest BCUT2D eigenvalue weighted by Crippen LogP contribution is -2.48. The fraction of sp³-hybridized carbons (Fsp3) is 0.476. The maximum atomic E-state index is 13.6. The molecule has 2 atom stereocenters. The van der Waals surface area contributed by atoms with Crippen LogP contribution in [0.1, 0.15) is 39.4 Å². The second-order valence-corrected chi connectivity index (χ2v) is 9.81. The number of aromatic nitrogens is 2. The first kappa shape index (κ1) is 26.2. The minimum atomic E-state index is -4.38. The number of hydrogen-bond acceptors (Lipinski definition) is 7. The van der Waals surface area contributed by atoms with Crippen molar-refractivity contribution in [3.8, 4) is 5.75 Å². The van der Waals surface area contributed by atoms with Gasteiger partial charge in [0.05, 0.1) is 30.7 Å². The van der Waals surface area contributed by atoms with Crippen molar-refractivity contribution in [2.45, 2.75) is 57.8 Å². The van der Waals surface area contributed by atoms with E-state index in [0.29, 0.717) is 6.42 Å². The predicted octanol–water partition coefficient (Wildman–Crippen LogP) is 3.03. The summed E-state index contributed by atoms with van der Waals surface area (Å²) in [6.07, 6.45) is -0.432. The number of hydrogen-bond donors (Lipinski definition) is 2. The third-order valence-corrected chi connectivity index (χ3v) is 7.12. The normalized spacial score (nSPS) is 16.3. The minimum Gasteiger partial charge on any atom is -0.484 e. The summed E-state index contributed by atoms with van der Waals surface area (Å²) in [5.74, 6) is -0.169. The number of alkyl halides is 2. The topological polar surface area (TPSA) is 132 Å². The molecule has 2 unspecified atom stereocenters. The standard InChI is InChI=1S/C21H27F2N5O6S/c1-5-12(2)33-21(30)25-15-6-7-18-17(8-15)28(10-16(34-18)9-24-14(4)29)35(31,32)19-11-27(20(22)23)26-13(19)3/h6-8,11-12,16,20H,5,9-10H2,1-4H3,(H,24,29)(H,25,30). The Morgan fingerprint density at radius 2 is 2.06 bits per heavy atom. The number of carbonyl (C=O) groups excluding carboxylic acids is 2. The monoisotopic (exact) mass is 515 g/mol. The van der Waals surface area contributed by atoms with Crippen LogP contribution >= 0.6 is 0 Å². The van der Waals surface area contributed by atoms with E-state index in [1.54, 1.807) is 6.92 Å². The number of nitrogens with one attached hydrogen (secondary N) is 2. The molecule has 0 aliphatic carbocycles. The van der Waals surface area contributed by atoms with Gasteiger partial charge < -0.3 is 14.8 Å². The highest BCUT2D eigenvalue weighted by Crippen LogP contribution is 2.39. The molecule has 0 spiro atoms. The number of ether oxygens (including phenoxy) is 2. The molecule has 14 heteroatoms. The van der Waals surface area contributed by atoms with Crippen molar-refractivity contribution in [1.29, 1.82) is 0 Å². The van der Waals surface area contributed by atoms with E-state index in [9.17, 15) is 26.8 Å². The van der Waals surface area contributed by atoms with Crippen molar-refractivity contribution in [2.24, 2.45) is 0 Å². The van der Waals surface area contributed by atoms with Gasteiger partial charge in [-0.3, -0.25) is 14.4 Å². The molecule has 1 aliphatic heterocycles. The molecule has 2 amide bonds. The molecule has 35 heavy (non-hydrogen) atoms. The van der Waals surface area contributed by atoms with Gasteiger partial charge in [0.15, 0.2) is 0 Å². The Hall–Kier alpha value is -3.42. The van der Waals surface area contributed by atoms with Crippen LogP contribution < -0.4 is 19.7 Å². The van der Waals surface area contributed by atoms with Gasteiger partial charge in [0, 0.05) is 12.6 Å². The van der Waals surface area contributed by atoms with Crippen molar-refractivity contribution in [3.05, 3.63) is 30.1 Å². The number of rotatable bonds is 8. The third-order valence-electron chi connectivity index (χ3n) is 5.24. The van der Waals surface area contributed by atoms with E-state index in [4.69, 9.17) is 9.47 Å². The van der Waals surface area contributed by atoms with Gasteiger partial charge in [-0.2, -0.15) is 13.9 Å². The van der Waals surface area contributed by atoms with Crippen LogP contribution in [0.2, 0.25) is 0 Å². The Morgan fingerprint density at radius 3 is 2.66 bits per heavy atom. The lowest BCUT2D eigenvalue weighted by molar-refractivity contribution is -0.119. The second kappa shape index (κ2) is 10.5. The van der Waals surface area contributed by atoms with Gasteiger partial charge in [0.25, 0.3) is 10.0 Å². The number of carbonyl (C=O) groups is 2. The summed E-state index contributed by atoms with van der Waals surface area (Å²) in [6.45, 7) is 2.97. The van der Waals surface area contributed by atoms with Crippen molar-refractivity contribution >= 4 is 33.4 Å². The summed E-state index contributed by atoms with van der Waals surface area (Å²) in [5, 5.41) is 8.71. The van der Waals surface area contributed by atoms with Crippen molar-refractivity contribution in [1.82, 2.24) is 15.1 Å². The van der Waals surface area contributed by atoms with Crippen molar-refractivity contribution in [3.63, 3.8) is 0 Å². The Balaban J connectivity index is 2.00. The van der Waals surface area contributed by atoms with Crippen molar-refractivity contribution in [2.75, 3.05) is 22.7 Å². The van der Waals surface area contributed by atoms with E-state index in [1.165, 1.54) is 32.0 Å². The van der Waals surface area contributed by atoms with Gasteiger partial charge in [-0.15, -0.1) is 0 Å². The van der Waals surface area contributed by atoms with E-state index >= 15 is 0 Å². The van der Waals surface area contributed by atoms with Crippen molar-refractivity contribution < 1.29 is 36.3 Å². The molecule has 192 valence electrons. The zero-order valence-electron chi connectivity index (χ0n) is 19.6. The number of nitrogens with zero attached hydrogens (tertiary/aromatic N) is 3. The number of halogens is 2. The maximum Gasteiger partial charge on any atom is 0.411 e. The minimum absolute atomic E-state index is 0.0112. The van der Waals surface area contributed by atoms with E-state index in [-0.39, 0.29) is 52.6 Å². The highest BCUT2D eigenvalue weighted by Gasteiger charge is 2.37. The van der Waals surface area contributed by atoms with Crippen LogP contribution in [0.15, 0.2) is 29.3 Å². The first-order valence-corrected chi connectivity index (χ1v) is 12.3. The van der Waals surface area contributed by atoms with Crippen LogP contribution in [0, 0.1) is 6.92 Å². The number of fused-ring (bicyclic) bond motifs is 1. The summed E-state index contributed by atoms with van der Waals surface area (Å²) in [6, 6.07) is 4.35. The molecule has 0 bridgehead atoms. The van der Waals surface area contributed by atoms with Gasteiger partial charge in [0.2, 0.25) is 5.91 Å². The molecule has 3 rings (SSSR count). The average molecular weight is 516 g/mol. The number of amides is 2. The highest BCUT2D eigenvalue weighted by molar-refractivity contribution is 7.92. The number of aryl methyl sites for hydroxylation is 1. The first-order valence-electron chi connectivity index (χ1n) is 10.8. The lowest BCUT2D eigenvalue weighted by atomic mass is 10.2. The fourth-order valence-electron chi connectivity index (χ4n) is 3.33. The van der Waals surface area contributed by atoms with Crippen LogP contribution in [0.25, 0.3) is 0 Å². The largest absolute Gasteiger partial charge is 0.484 e. The first-order chi connectivity index (χ1) is 16.4. The smallest absolute Gasteiger partial charge is 0.411 e. The van der Waals surface area contributed by atoms with Crippen LogP contribution in [-0.4, -0.2) is 55.5 Å². The molecule has 1 aliphatic rings. The Labute approximate surface area is 201 Å². The molecule has 0 fully saturated rings. The summed E-state index contributed by atoms with van der Waals surface area (Å²) in [5.41, 5.74) is 0.207. The van der Waals surface area contributed by atoms with Crippen LogP contribution in [0.3, 0.4) is 0 Å². The molecule has 11 nitrogen and oxygen atoms in total. The molecular formula is C21H27F2N5O6S. The molecular weight excluding hydrogens is 488 g/mol. The van der Waals surface area contributed by atoms with Gasteiger partial charge >= 0.3 is 12.6 Å². The fourth-order valence-corrected chi connectivity index (χ4v) is 4.99. The molecule has 0 saturated carbocycles. The number of anilines is 2.